The van der Waals surface area contributed by atoms with Crippen LogP contribution in [0.3, 0.4) is 0 Å². The van der Waals surface area contributed by atoms with Crippen molar-refractivity contribution in [1.29, 1.82) is 0 Å². The summed E-state index contributed by atoms with van der Waals surface area (Å²) in [7, 11) is 1.31. The topological polar surface area (TPSA) is 59.2 Å². The third-order valence-corrected chi connectivity index (χ3v) is 3.11. The highest BCUT2D eigenvalue weighted by molar-refractivity contribution is 5.75. The van der Waals surface area contributed by atoms with Crippen LogP contribution >= 0.6 is 0 Å². The first-order valence-electron chi connectivity index (χ1n) is 5.97. The van der Waals surface area contributed by atoms with Crippen molar-refractivity contribution in [3.63, 3.8) is 0 Å². The Labute approximate surface area is 111 Å². The third kappa shape index (κ3) is 2.73. The maximum Gasteiger partial charge on any atom is 0.310 e. The molecule has 1 N–H and O–H groups in total. The van der Waals surface area contributed by atoms with Gasteiger partial charge in [-0.2, -0.15) is 0 Å². The molecule has 1 heterocycles. The van der Waals surface area contributed by atoms with Gasteiger partial charge in [0.1, 0.15) is 0 Å². The maximum atomic E-state index is 11.8. The molecule has 0 unspecified atom stereocenters. The van der Waals surface area contributed by atoms with E-state index in [-0.39, 0.29) is 12.0 Å². The average Bonchev–Trinajstić information content (AvgIpc) is 2.44. The molecular formula is C15H15NO3. The Balaban J connectivity index is 2.52. The molecule has 19 heavy (non-hydrogen) atoms. The van der Waals surface area contributed by atoms with Crippen molar-refractivity contribution in [2.75, 3.05) is 7.11 Å². The van der Waals surface area contributed by atoms with Crippen LogP contribution in [0.4, 0.5) is 0 Å². The van der Waals surface area contributed by atoms with Crippen molar-refractivity contribution >= 4 is 5.97 Å². The molecule has 98 valence electrons. The SMILES string of the molecule is COC(=O)Cc1c(C)c(-c2ccccc2)c[nH]c1=O. The summed E-state index contributed by atoms with van der Waals surface area (Å²) in [5, 5.41) is 0. The van der Waals surface area contributed by atoms with Crippen LogP contribution in [-0.4, -0.2) is 18.1 Å². The van der Waals surface area contributed by atoms with Crippen molar-refractivity contribution < 1.29 is 9.53 Å². The van der Waals surface area contributed by atoms with E-state index in [0.29, 0.717) is 5.56 Å². The molecule has 0 saturated carbocycles. The number of H-pyrrole nitrogens is 1. The number of rotatable bonds is 3. The number of ether oxygens (including phenoxy) is 1. The van der Waals surface area contributed by atoms with Crippen LogP contribution < -0.4 is 5.56 Å². The van der Waals surface area contributed by atoms with Crippen LogP contribution in [0, 0.1) is 6.92 Å². The Kier molecular flexibility index (Phi) is 3.80. The zero-order valence-corrected chi connectivity index (χ0v) is 10.9. The number of aromatic nitrogens is 1. The molecule has 0 aliphatic carbocycles. The van der Waals surface area contributed by atoms with Gasteiger partial charge in [-0.05, 0) is 18.1 Å². The molecule has 0 spiro atoms. The first kappa shape index (κ1) is 13.1. The van der Waals surface area contributed by atoms with Gasteiger partial charge in [0, 0.05) is 17.3 Å². The predicted molar refractivity (Wildman–Crippen MR) is 73.0 cm³/mol. The van der Waals surface area contributed by atoms with Crippen LogP contribution in [0.1, 0.15) is 11.1 Å². The minimum Gasteiger partial charge on any atom is -0.469 e. The van der Waals surface area contributed by atoms with E-state index in [4.69, 9.17) is 0 Å². The largest absolute Gasteiger partial charge is 0.469 e. The molecule has 0 atom stereocenters. The van der Waals surface area contributed by atoms with Gasteiger partial charge in [-0.15, -0.1) is 0 Å². The number of pyridine rings is 1. The number of hydrogen-bond acceptors (Lipinski definition) is 3. The van der Waals surface area contributed by atoms with E-state index in [1.165, 1.54) is 7.11 Å². The fourth-order valence-electron chi connectivity index (χ4n) is 2.01. The Bertz CT molecular complexity index is 644. The highest BCUT2D eigenvalue weighted by Crippen LogP contribution is 2.23. The second-order valence-corrected chi connectivity index (χ2v) is 4.25. The molecule has 2 rings (SSSR count). The number of hydrogen-bond donors (Lipinski definition) is 1. The summed E-state index contributed by atoms with van der Waals surface area (Å²) in [4.78, 5) is 25.8. The van der Waals surface area contributed by atoms with Crippen molar-refractivity contribution in [3.05, 3.63) is 58.0 Å². The van der Waals surface area contributed by atoms with E-state index in [1.807, 2.05) is 37.3 Å². The van der Waals surface area contributed by atoms with E-state index in [1.54, 1.807) is 6.20 Å². The number of methoxy groups -OCH3 is 1. The van der Waals surface area contributed by atoms with Crippen molar-refractivity contribution in [2.45, 2.75) is 13.3 Å². The van der Waals surface area contributed by atoms with Crippen LogP contribution in [0.2, 0.25) is 0 Å². The molecule has 0 amide bonds. The standard InChI is InChI=1S/C15H15NO3/c1-10-12(8-14(17)19-2)15(18)16-9-13(10)11-6-4-3-5-7-11/h3-7,9H,8H2,1-2H3,(H,16,18). The van der Waals surface area contributed by atoms with E-state index in [9.17, 15) is 9.59 Å². The van der Waals surface area contributed by atoms with Crippen LogP contribution in [0.15, 0.2) is 41.3 Å². The molecule has 4 nitrogen and oxygen atoms in total. The van der Waals surface area contributed by atoms with Crippen molar-refractivity contribution in [2.24, 2.45) is 0 Å². The van der Waals surface area contributed by atoms with Crippen molar-refractivity contribution in [1.82, 2.24) is 4.98 Å². The van der Waals surface area contributed by atoms with Gasteiger partial charge in [0.05, 0.1) is 13.5 Å². The lowest BCUT2D eigenvalue weighted by Crippen LogP contribution is -2.19. The highest BCUT2D eigenvalue weighted by Gasteiger charge is 2.13. The summed E-state index contributed by atoms with van der Waals surface area (Å²) in [5.74, 6) is -0.418. The van der Waals surface area contributed by atoms with E-state index in [0.717, 1.165) is 16.7 Å². The zero-order valence-electron chi connectivity index (χ0n) is 10.9. The number of nitrogens with one attached hydrogen (secondary N) is 1. The number of carbonyl (C=O) groups excluding carboxylic acids is 1. The molecule has 0 aliphatic rings. The molecular weight excluding hydrogens is 242 g/mol. The van der Waals surface area contributed by atoms with Gasteiger partial charge >= 0.3 is 5.97 Å². The predicted octanol–water partition coefficient (Wildman–Crippen LogP) is 2.07. The molecule has 1 aromatic carbocycles. The lowest BCUT2D eigenvalue weighted by Gasteiger charge is -2.10. The van der Waals surface area contributed by atoms with Gasteiger partial charge in [-0.1, -0.05) is 30.3 Å². The number of aromatic amines is 1. The third-order valence-electron chi connectivity index (χ3n) is 3.11. The second kappa shape index (κ2) is 5.52. The van der Waals surface area contributed by atoms with Gasteiger partial charge in [0.15, 0.2) is 0 Å². The second-order valence-electron chi connectivity index (χ2n) is 4.25. The molecule has 2 aromatic rings. The van der Waals surface area contributed by atoms with E-state index >= 15 is 0 Å². The molecule has 4 heteroatoms. The Morgan fingerprint density at radius 2 is 1.95 bits per heavy atom. The lowest BCUT2D eigenvalue weighted by molar-refractivity contribution is -0.139. The first-order chi connectivity index (χ1) is 9.13. The fourth-order valence-corrected chi connectivity index (χ4v) is 2.01. The van der Waals surface area contributed by atoms with Crippen LogP contribution in [0.25, 0.3) is 11.1 Å². The lowest BCUT2D eigenvalue weighted by atomic mass is 9.98. The van der Waals surface area contributed by atoms with Crippen LogP contribution in [-0.2, 0) is 16.0 Å². The van der Waals surface area contributed by atoms with Crippen molar-refractivity contribution in [3.8, 4) is 11.1 Å². The van der Waals surface area contributed by atoms with E-state index in [2.05, 4.69) is 9.72 Å². The summed E-state index contributed by atoms with van der Waals surface area (Å²) < 4.78 is 4.62. The zero-order chi connectivity index (χ0) is 13.8. The molecule has 0 bridgehead atoms. The Hall–Kier alpha value is -2.36. The monoisotopic (exact) mass is 257 g/mol. The molecule has 1 aromatic heterocycles. The minimum atomic E-state index is -0.418. The molecule has 0 radical (unpaired) electrons. The number of carbonyl (C=O) groups is 1. The Morgan fingerprint density at radius 3 is 2.58 bits per heavy atom. The summed E-state index contributed by atoms with van der Waals surface area (Å²) in [6.45, 7) is 1.84. The Morgan fingerprint density at radius 1 is 1.26 bits per heavy atom. The molecule has 0 saturated heterocycles. The fraction of sp³-hybridized carbons (Fsp3) is 0.200. The highest BCUT2D eigenvalue weighted by atomic mass is 16.5. The summed E-state index contributed by atoms with van der Waals surface area (Å²) in [6, 6.07) is 9.71. The summed E-state index contributed by atoms with van der Waals surface area (Å²) in [5.41, 5.74) is 2.93. The van der Waals surface area contributed by atoms with Gasteiger partial charge in [-0.25, -0.2) is 0 Å². The van der Waals surface area contributed by atoms with Crippen LogP contribution in [0.5, 0.6) is 0 Å². The summed E-state index contributed by atoms with van der Waals surface area (Å²) >= 11 is 0. The summed E-state index contributed by atoms with van der Waals surface area (Å²) in [6.07, 6.45) is 1.66. The number of benzene rings is 1. The molecule has 0 fully saturated rings. The minimum absolute atomic E-state index is 0.0155. The van der Waals surface area contributed by atoms with Gasteiger partial charge in [0.25, 0.3) is 5.56 Å². The quantitative estimate of drug-likeness (QED) is 0.856. The molecule has 0 aliphatic heterocycles. The maximum absolute atomic E-state index is 11.8. The normalized spacial score (nSPS) is 10.2. The smallest absolute Gasteiger partial charge is 0.310 e. The van der Waals surface area contributed by atoms with E-state index < -0.39 is 5.97 Å². The number of esters is 1. The van der Waals surface area contributed by atoms with Gasteiger partial charge < -0.3 is 9.72 Å². The van der Waals surface area contributed by atoms with Gasteiger partial charge in [0.2, 0.25) is 0 Å². The van der Waals surface area contributed by atoms with Gasteiger partial charge in [-0.3, -0.25) is 9.59 Å². The average molecular weight is 257 g/mol. The first-order valence-corrected chi connectivity index (χ1v) is 5.97.